The summed E-state index contributed by atoms with van der Waals surface area (Å²) in [6.07, 6.45) is 3.65. The van der Waals surface area contributed by atoms with Gasteiger partial charge in [0.2, 0.25) is 5.91 Å². The number of imide groups is 1. The van der Waals surface area contributed by atoms with E-state index in [2.05, 4.69) is 15.0 Å². The Labute approximate surface area is 211 Å². The number of likely N-dealkylation sites (N-methyl/N-ethyl adjacent to an activating group) is 1. The topological polar surface area (TPSA) is 134 Å². The molecule has 10 nitrogen and oxygen atoms in total. The van der Waals surface area contributed by atoms with Crippen molar-refractivity contribution in [2.45, 2.75) is 56.8 Å². The molecule has 3 atom stereocenters. The van der Waals surface area contributed by atoms with Crippen LogP contribution in [0.4, 0.5) is 29.6 Å². The first-order chi connectivity index (χ1) is 17.6. The fourth-order valence-electron chi connectivity index (χ4n) is 5.04. The average Bonchev–Trinajstić information content (AvgIpc) is 2.88. The minimum atomic E-state index is -4.70. The number of carbonyl (C=O) groups excluding carboxylic acids is 3. The molecule has 2 aromatic rings. The van der Waals surface area contributed by atoms with Crippen LogP contribution in [-0.2, 0) is 16.0 Å². The molecule has 0 unspecified atom stereocenters. The molecule has 0 bridgehead atoms. The van der Waals surface area contributed by atoms with Crippen molar-refractivity contribution < 1.29 is 27.6 Å². The molecule has 2 aliphatic rings. The van der Waals surface area contributed by atoms with Crippen LogP contribution >= 0.6 is 0 Å². The lowest BCUT2D eigenvalue weighted by molar-refractivity contribution is -0.170. The standard InChI is InChI=1S/C24H28F3N7O3/c1-33(18-13-29-9-10-31-18)22(36)19-16(11-14-7-8-30-17(28)12-14)21(35)34(19)23(37)32-20(24(25,26)27)15-5-3-2-4-6-15/h7-10,12-13,15-16,19-20H,2-6,11H2,1H3,(H2,28,30)(H,32,37)/t16-,19+,20+/m1/s1. The second-order valence-electron chi connectivity index (χ2n) is 9.38. The average molecular weight is 520 g/mol. The number of pyridine rings is 1. The molecule has 3 heterocycles. The first-order valence-corrected chi connectivity index (χ1v) is 12.0. The summed E-state index contributed by atoms with van der Waals surface area (Å²) in [6, 6.07) is -1.54. The summed E-state index contributed by atoms with van der Waals surface area (Å²) >= 11 is 0. The van der Waals surface area contributed by atoms with Gasteiger partial charge in [-0.1, -0.05) is 19.3 Å². The van der Waals surface area contributed by atoms with E-state index in [1.807, 2.05) is 5.32 Å². The number of alkyl halides is 3. The van der Waals surface area contributed by atoms with E-state index in [9.17, 15) is 27.6 Å². The third kappa shape index (κ3) is 5.65. The van der Waals surface area contributed by atoms with Crippen LogP contribution in [0.15, 0.2) is 36.9 Å². The fourth-order valence-corrected chi connectivity index (χ4v) is 5.04. The Hall–Kier alpha value is -3.77. The summed E-state index contributed by atoms with van der Waals surface area (Å²) in [5.74, 6) is -2.83. The summed E-state index contributed by atoms with van der Waals surface area (Å²) in [6.45, 7) is 0. The zero-order valence-electron chi connectivity index (χ0n) is 20.2. The highest BCUT2D eigenvalue weighted by Crippen LogP contribution is 2.37. The maximum absolute atomic E-state index is 13.9. The van der Waals surface area contributed by atoms with Crippen LogP contribution in [0, 0.1) is 11.8 Å². The van der Waals surface area contributed by atoms with Gasteiger partial charge in [0.25, 0.3) is 5.91 Å². The van der Waals surface area contributed by atoms with Crippen molar-refractivity contribution in [3.05, 3.63) is 42.5 Å². The van der Waals surface area contributed by atoms with E-state index in [1.165, 1.54) is 37.9 Å². The van der Waals surface area contributed by atoms with Crippen LogP contribution in [0.2, 0.25) is 0 Å². The lowest BCUT2D eigenvalue weighted by Crippen LogP contribution is -2.71. The zero-order chi connectivity index (χ0) is 26.7. The van der Waals surface area contributed by atoms with Gasteiger partial charge in [0, 0.05) is 25.6 Å². The predicted octanol–water partition coefficient (Wildman–Crippen LogP) is 2.71. The Morgan fingerprint density at radius 1 is 1.19 bits per heavy atom. The maximum Gasteiger partial charge on any atom is 0.408 e. The van der Waals surface area contributed by atoms with Crippen molar-refractivity contribution in [3.63, 3.8) is 0 Å². The van der Waals surface area contributed by atoms with Gasteiger partial charge < -0.3 is 11.1 Å². The summed E-state index contributed by atoms with van der Waals surface area (Å²) in [7, 11) is 1.40. The van der Waals surface area contributed by atoms with Crippen LogP contribution in [0.25, 0.3) is 0 Å². The van der Waals surface area contributed by atoms with E-state index in [4.69, 9.17) is 5.73 Å². The number of aromatic nitrogens is 3. The number of anilines is 2. The SMILES string of the molecule is CN(C(=O)[C@@H]1[C@@H](Cc2ccnc(N)c2)C(=O)N1C(=O)N[C@@H](C1CCCCC1)C(F)(F)F)c1cnccn1. The van der Waals surface area contributed by atoms with Gasteiger partial charge in [-0.05, 0) is 42.9 Å². The molecule has 1 saturated carbocycles. The predicted molar refractivity (Wildman–Crippen MR) is 127 cm³/mol. The van der Waals surface area contributed by atoms with Gasteiger partial charge in [0.15, 0.2) is 5.82 Å². The molecular weight excluding hydrogens is 491 g/mol. The molecule has 3 N–H and O–H groups in total. The molecular formula is C24H28F3N7O3. The monoisotopic (exact) mass is 519 g/mol. The zero-order valence-corrected chi connectivity index (χ0v) is 20.2. The maximum atomic E-state index is 13.9. The number of nitrogen functional groups attached to an aromatic ring is 1. The van der Waals surface area contributed by atoms with Gasteiger partial charge in [-0.25, -0.2) is 14.8 Å². The lowest BCUT2D eigenvalue weighted by atomic mass is 9.81. The van der Waals surface area contributed by atoms with Crippen molar-refractivity contribution >= 4 is 29.5 Å². The van der Waals surface area contributed by atoms with Gasteiger partial charge in [-0.3, -0.25) is 24.4 Å². The quantitative estimate of drug-likeness (QED) is 0.561. The molecule has 1 aliphatic carbocycles. The minimum Gasteiger partial charge on any atom is -0.384 e. The molecule has 198 valence electrons. The second-order valence-corrected chi connectivity index (χ2v) is 9.38. The minimum absolute atomic E-state index is 0.0470. The van der Waals surface area contributed by atoms with Crippen LogP contribution in [0.5, 0.6) is 0 Å². The van der Waals surface area contributed by atoms with Gasteiger partial charge in [-0.15, -0.1) is 0 Å². The van der Waals surface area contributed by atoms with Crippen LogP contribution in [-0.4, -0.2) is 63.0 Å². The number of nitrogens with two attached hydrogens (primary N) is 1. The van der Waals surface area contributed by atoms with E-state index in [0.29, 0.717) is 36.1 Å². The molecule has 4 rings (SSSR count). The highest BCUT2D eigenvalue weighted by Gasteiger charge is 2.57. The number of nitrogens with one attached hydrogen (secondary N) is 1. The first kappa shape index (κ1) is 26.3. The van der Waals surface area contributed by atoms with Crippen molar-refractivity contribution in [1.82, 2.24) is 25.2 Å². The molecule has 2 fully saturated rings. The molecule has 0 spiro atoms. The number of urea groups is 1. The van der Waals surface area contributed by atoms with Crippen molar-refractivity contribution in [2.75, 3.05) is 17.7 Å². The Balaban J connectivity index is 1.60. The number of likely N-dealkylation sites (tertiary alicyclic amines) is 1. The van der Waals surface area contributed by atoms with Crippen molar-refractivity contribution in [2.24, 2.45) is 11.8 Å². The van der Waals surface area contributed by atoms with Crippen LogP contribution in [0.1, 0.15) is 37.7 Å². The highest BCUT2D eigenvalue weighted by atomic mass is 19.4. The highest BCUT2D eigenvalue weighted by molar-refractivity contribution is 6.12. The van der Waals surface area contributed by atoms with Gasteiger partial charge >= 0.3 is 12.2 Å². The summed E-state index contributed by atoms with van der Waals surface area (Å²) in [4.78, 5) is 53.3. The molecule has 1 aliphatic heterocycles. The number of halogens is 3. The Kier molecular flexibility index (Phi) is 7.60. The number of amides is 4. The molecule has 0 aromatic carbocycles. The third-order valence-electron chi connectivity index (χ3n) is 6.96. The van der Waals surface area contributed by atoms with Crippen molar-refractivity contribution in [3.8, 4) is 0 Å². The number of hydrogen-bond acceptors (Lipinski definition) is 7. The Morgan fingerprint density at radius 3 is 2.54 bits per heavy atom. The number of carbonyl (C=O) groups is 3. The molecule has 37 heavy (non-hydrogen) atoms. The summed E-state index contributed by atoms with van der Waals surface area (Å²) in [5, 5.41) is 2.03. The Morgan fingerprint density at radius 2 is 1.92 bits per heavy atom. The largest absolute Gasteiger partial charge is 0.408 e. The number of hydrogen-bond donors (Lipinski definition) is 2. The third-order valence-corrected chi connectivity index (χ3v) is 6.96. The summed E-state index contributed by atoms with van der Waals surface area (Å²) in [5.41, 5.74) is 6.32. The van der Waals surface area contributed by atoms with E-state index < -0.39 is 47.9 Å². The Bertz CT molecular complexity index is 1140. The molecule has 1 saturated heterocycles. The molecule has 4 amide bonds. The van der Waals surface area contributed by atoms with Crippen LogP contribution in [0.3, 0.4) is 0 Å². The smallest absolute Gasteiger partial charge is 0.384 e. The molecule has 13 heteroatoms. The van der Waals surface area contributed by atoms with Crippen LogP contribution < -0.4 is 16.0 Å². The number of rotatable bonds is 6. The molecule has 0 radical (unpaired) electrons. The number of β-lactam (4-membered cyclic amide) rings is 1. The second kappa shape index (κ2) is 10.7. The normalized spacial score (nSPS) is 21.2. The van der Waals surface area contributed by atoms with Gasteiger partial charge in [0.1, 0.15) is 17.9 Å². The van der Waals surface area contributed by atoms with E-state index in [-0.39, 0.29) is 18.1 Å². The van der Waals surface area contributed by atoms with Gasteiger partial charge in [0.05, 0.1) is 12.1 Å². The number of nitrogens with zero attached hydrogens (tertiary/aromatic N) is 5. The van der Waals surface area contributed by atoms with E-state index in [1.54, 1.807) is 6.07 Å². The molecule has 2 aromatic heterocycles. The van der Waals surface area contributed by atoms with Gasteiger partial charge in [-0.2, -0.15) is 13.2 Å². The first-order valence-electron chi connectivity index (χ1n) is 12.0. The lowest BCUT2D eigenvalue weighted by Gasteiger charge is -2.46. The summed E-state index contributed by atoms with van der Waals surface area (Å²) < 4.78 is 41.8. The van der Waals surface area contributed by atoms with E-state index >= 15 is 0 Å². The van der Waals surface area contributed by atoms with E-state index in [0.717, 1.165) is 11.3 Å². The van der Waals surface area contributed by atoms with Crippen molar-refractivity contribution in [1.29, 1.82) is 0 Å². The fraction of sp³-hybridized carbons (Fsp3) is 0.500.